The minimum Gasteiger partial charge on any atom is -0.467 e. The van der Waals surface area contributed by atoms with E-state index in [1.807, 2.05) is 24.3 Å². The third kappa shape index (κ3) is 2.93. The lowest BCUT2D eigenvalue weighted by molar-refractivity contribution is -0.142. The first-order valence-electron chi connectivity index (χ1n) is 6.78. The number of amides is 1. The molecule has 3 rings (SSSR count). The SMILES string of the molecule is O=C([C@H]1CCCO1)N(Cc1ccco1)Cc1ccco1. The van der Waals surface area contributed by atoms with Gasteiger partial charge in [-0.2, -0.15) is 0 Å². The Morgan fingerprint density at radius 3 is 2.25 bits per heavy atom. The van der Waals surface area contributed by atoms with Crippen molar-refractivity contribution in [2.24, 2.45) is 0 Å². The Hall–Kier alpha value is -2.01. The molecule has 1 saturated heterocycles. The molecule has 0 spiro atoms. The van der Waals surface area contributed by atoms with Crippen LogP contribution >= 0.6 is 0 Å². The summed E-state index contributed by atoms with van der Waals surface area (Å²) in [4.78, 5) is 14.2. The molecular formula is C15H17NO4. The highest BCUT2D eigenvalue weighted by molar-refractivity contribution is 5.81. The van der Waals surface area contributed by atoms with E-state index in [1.54, 1.807) is 17.4 Å². The summed E-state index contributed by atoms with van der Waals surface area (Å²) in [6, 6.07) is 7.35. The van der Waals surface area contributed by atoms with Gasteiger partial charge in [-0.3, -0.25) is 4.79 Å². The lowest BCUT2D eigenvalue weighted by Gasteiger charge is -2.23. The average Bonchev–Trinajstić information content (AvgIpc) is 3.20. The maximum Gasteiger partial charge on any atom is 0.252 e. The minimum absolute atomic E-state index is 0.00435. The summed E-state index contributed by atoms with van der Waals surface area (Å²) in [7, 11) is 0. The van der Waals surface area contributed by atoms with Crippen LogP contribution in [0.4, 0.5) is 0 Å². The molecule has 5 nitrogen and oxygen atoms in total. The lowest BCUT2D eigenvalue weighted by Crippen LogP contribution is -2.37. The molecule has 3 heterocycles. The monoisotopic (exact) mass is 275 g/mol. The Morgan fingerprint density at radius 1 is 1.15 bits per heavy atom. The topological polar surface area (TPSA) is 55.8 Å². The summed E-state index contributed by atoms with van der Waals surface area (Å²) < 4.78 is 16.1. The van der Waals surface area contributed by atoms with Crippen LogP contribution in [0.2, 0.25) is 0 Å². The van der Waals surface area contributed by atoms with E-state index in [9.17, 15) is 4.79 Å². The first-order chi connectivity index (χ1) is 9.83. The number of hydrogen-bond acceptors (Lipinski definition) is 4. The summed E-state index contributed by atoms with van der Waals surface area (Å²) in [6.07, 6.45) is 4.60. The van der Waals surface area contributed by atoms with Crippen molar-refractivity contribution in [3.63, 3.8) is 0 Å². The lowest BCUT2D eigenvalue weighted by atomic mass is 10.2. The quantitative estimate of drug-likeness (QED) is 0.841. The standard InChI is InChI=1S/C15H17NO4/c17-15(14-6-3-9-20-14)16(10-12-4-1-7-18-12)11-13-5-2-8-19-13/h1-2,4-5,7-8,14H,3,6,9-11H2/t14-/m1/s1. The van der Waals surface area contributed by atoms with Crippen molar-refractivity contribution in [1.82, 2.24) is 4.90 Å². The second kappa shape index (κ2) is 5.96. The zero-order chi connectivity index (χ0) is 13.8. The molecule has 1 fully saturated rings. The fraction of sp³-hybridized carbons (Fsp3) is 0.400. The van der Waals surface area contributed by atoms with Gasteiger partial charge < -0.3 is 18.5 Å². The summed E-state index contributed by atoms with van der Waals surface area (Å²) in [5, 5.41) is 0. The van der Waals surface area contributed by atoms with E-state index in [2.05, 4.69) is 0 Å². The molecule has 0 N–H and O–H groups in total. The third-order valence-electron chi connectivity index (χ3n) is 3.37. The summed E-state index contributed by atoms with van der Waals surface area (Å²) in [5.41, 5.74) is 0. The van der Waals surface area contributed by atoms with Crippen molar-refractivity contribution in [1.29, 1.82) is 0 Å². The normalized spacial score (nSPS) is 18.3. The highest BCUT2D eigenvalue weighted by Crippen LogP contribution is 2.18. The molecule has 0 aliphatic carbocycles. The molecule has 0 unspecified atom stereocenters. The summed E-state index contributed by atoms with van der Waals surface area (Å²) in [6.45, 7) is 1.50. The van der Waals surface area contributed by atoms with Crippen LogP contribution in [0.15, 0.2) is 45.6 Å². The van der Waals surface area contributed by atoms with E-state index in [0.717, 1.165) is 24.4 Å². The molecule has 1 aliphatic heterocycles. The number of nitrogens with zero attached hydrogens (tertiary/aromatic N) is 1. The molecular weight excluding hydrogens is 258 g/mol. The van der Waals surface area contributed by atoms with Crippen molar-refractivity contribution in [2.45, 2.75) is 32.0 Å². The van der Waals surface area contributed by atoms with Gasteiger partial charge in [-0.05, 0) is 37.1 Å². The van der Waals surface area contributed by atoms with Crippen LogP contribution in [0.5, 0.6) is 0 Å². The number of carbonyl (C=O) groups excluding carboxylic acids is 1. The first-order valence-corrected chi connectivity index (χ1v) is 6.78. The second-order valence-corrected chi connectivity index (χ2v) is 4.85. The van der Waals surface area contributed by atoms with E-state index in [4.69, 9.17) is 13.6 Å². The Kier molecular flexibility index (Phi) is 3.87. The molecule has 0 aromatic carbocycles. The molecule has 0 bridgehead atoms. The zero-order valence-electron chi connectivity index (χ0n) is 11.2. The molecule has 20 heavy (non-hydrogen) atoms. The van der Waals surface area contributed by atoms with Gasteiger partial charge in [-0.15, -0.1) is 0 Å². The van der Waals surface area contributed by atoms with Crippen LogP contribution in [-0.2, 0) is 22.6 Å². The average molecular weight is 275 g/mol. The van der Waals surface area contributed by atoms with Gasteiger partial charge in [0.25, 0.3) is 5.91 Å². The fourth-order valence-electron chi connectivity index (χ4n) is 2.37. The number of ether oxygens (including phenoxy) is 1. The van der Waals surface area contributed by atoms with Gasteiger partial charge in [-0.25, -0.2) is 0 Å². The van der Waals surface area contributed by atoms with Crippen molar-refractivity contribution >= 4 is 5.91 Å². The fourth-order valence-corrected chi connectivity index (χ4v) is 2.37. The van der Waals surface area contributed by atoms with Gasteiger partial charge in [0, 0.05) is 6.61 Å². The Morgan fingerprint density at radius 2 is 1.80 bits per heavy atom. The molecule has 1 atom stereocenters. The Balaban J connectivity index is 1.73. The minimum atomic E-state index is -0.333. The number of furan rings is 2. The molecule has 106 valence electrons. The van der Waals surface area contributed by atoms with Gasteiger partial charge in [0.05, 0.1) is 25.6 Å². The van der Waals surface area contributed by atoms with Gasteiger partial charge in [0.15, 0.2) is 0 Å². The van der Waals surface area contributed by atoms with E-state index in [1.165, 1.54) is 0 Å². The second-order valence-electron chi connectivity index (χ2n) is 4.85. The van der Waals surface area contributed by atoms with Crippen LogP contribution in [0.25, 0.3) is 0 Å². The van der Waals surface area contributed by atoms with Crippen LogP contribution in [-0.4, -0.2) is 23.5 Å². The number of hydrogen-bond donors (Lipinski definition) is 0. The first kappa shape index (κ1) is 13.0. The van der Waals surface area contributed by atoms with E-state index in [0.29, 0.717) is 19.7 Å². The van der Waals surface area contributed by atoms with Crippen LogP contribution < -0.4 is 0 Å². The maximum absolute atomic E-state index is 12.5. The predicted molar refractivity (Wildman–Crippen MR) is 70.6 cm³/mol. The van der Waals surface area contributed by atoms with Gasteiger partial charge >= 0.3 is 0 Å². The largest absolute Gasteiger partial charge is 0.467 e. The third-order valence-corrected chi connectivity index (χ3v) is 3.37. The van der Waals surface area contributed by atoms with Gasteiger partial charge in [0.1, 0.15) is 17.6 Å². The van der Waals surface area contributed by atoms with Crippen molar-refractivity contribution in [2.75, 3.05) is 6.61 Å². The highest BCUT2D eigenvalue weighted by Gasteiger charge is 2.29. The van der Waals surface area contributed by atoms with E-state index >= 15 is 0 Å². The Bertz CT molecular complexity index is 490. The van der Waals surface area contributed by atoms with Crippen molar-refractivity contribution < 1.29 is 18.4 Å². The highest BCUT2D eigenvalue weighted by atomic mass is 16.5. The number of carbonyl (C=O) groups is 1. The van der Waals surface area contributed by atoms with Crippen molar-refractivity contribution in [3.05, 3.63) is 48.3 Å². The maximum atomic E-state index is 12.5. The van der Waals surface area contributed by atoms with Gasteiger partial charge in [0.2, 0.25) is 0 Å². The molecule has 2 aromatic heterocycles. The molecule has 1 amide bonds. The van der Waals surface area contributed by atoms with E-state index in [-0.39, 0.29) is 12.0 Å². The van der Waals surface area contributed by atoms with E-state index < -0.39 is 0 Å². The molecule has 0 saturated carbocycles. The van der Waals surface area contributed by atoms with Crippen LogP contribution in [0.3, 0.4) is 0 Å². The molecule has 1 aliphatic rings. The summed E-state index contributed by atoms with van der Waals surface area (Å²) in [5.74, 6) is 1.50. The predicted octanol–water partition coefficient (Wildman–Crippen LogP) is 2.58. The molecule has 0 radical (unpaired) electrons. The molecule has 2 aromatic rings. The van der Waals surface area contributed by atoms with Crippen molar-refractivity contribution in [3.8, 4) is 0 Å². The number of rotatable bonds is 5. The smallest absolute Gasteiger partial charge is 0.252 e. The zero-order valence-corrected chi connectivity index (χ0v) is 11.2. The van der Waals surface area contributed by atoms with Gasteiger partial charge in [-0.1, -0.05) is 0 Å². The van der Waals surface area contributed by atoms with Crippen LogP contribution in [0, 0.1) is 0 Å². The van der Waals surface area contributed by atoms with Crippen LogP contribution in [0.1, 0.15) is 24.4 Å². The molecule has 5 heteroatoms. The Labute approximate surface area is 117 Å². The summed E-state index contributed by atoms with van der Waals surface area (Å²) >= 11 is 0.